The number of piperazine rings is 1. The molecule has 1 aromatic carbocycles. The molecule has 2 aliphatic heterocycles. The Morgan fingerprint density at radius 1 is 0.829 bits per heavy atom. The van der Waals surface area contributed by atoms with Crippen LogP contribution in [0.4, 0.5) is 17.6 Å². The minimum atomic E-state index is 0.441. The number of piperidine rings is 1. The van der Waals surface area contributed by atoms with Gasteiger partial charge in [0, 0.05) is 58.1 Å². The monoisotopic (exact) mass is 485 g/mol. The molecule has 2 fully saturated rings. The van der Waals surface area contributed by atoms with E-state index in [4.69, 9.17) is 9.97 Å². The van der Waals surface area contributed by atoms with Gasteiger partial charge < -0.3 is 15.1 Å². The second-order valence-electron chi connectivity index (χ2n) is 9.35. The summed E-state index contributed by atoms with van der Waals surface area (Å²) in [5.74, 6) is 2.87. The van der Waals surface area contributed by atoms with Crippen LogP contribution in [0, 0.1) is 0 Å². The summed E-state index contributed by atoms with van der Waals surface area (Å²) < 4.78 is 1.16. The van der Waals surface area contributed by atoms with Gasteiger partial charge in [-0.05, 0) is 42.0 Å². The molecule has 0 radical (unpaired) electrons. The van der Waals surface area contributed by atoms with Crippen molar-refractivity contribution >= 4 is 39.1 Å². The molecule has 8 heteroatoms. The first-order valence-corrected chi connectivity index (χ1v) is 13.4. The minimum Gasteiger partial charge on any atom is -0.366 e. The SMILES string of the molecule is c1ccc(CN2CCC(Nc3nc(N4CCN(c5ccccn5)CC4)nc4ccsc34)CC2)cc1. The Balaban J connectivity index is 1.11. The molecule has 4 aromatic rings. The summed E-state index contributed by atoms with van der Waals surface area (Å²) in [7, 11) is 0. The molecular weight excluding hydrogens is 454 g/mol. The molecule has 2 aliphatic rings. The lowest BCUT2D eigenvalue weighted by Gasteiger charge is -2.36. The van der Waals surface area contributed by atoms with E-state index < -0.39 is 0 Å². The second kappa shape index (κ2) is 10.2. The Labute approximate surface area is 210 Å². The highest BCUT2D eigenvalue weighted by atomic mass is 32.1. The van der Waals surface area contributed by atoms with Crippen LogP contribution in [0.25, 0.3) is 10.2 Å². The van der Waals surface area contributed by atoms with Gasteiger partial charge in [0.25, 0.3) is 0 Å². The van der Waals surface area contributed by atoms with Crippen LogP contribution in [0.3, 0.4) is 0 Å². The van der Waals surface area contributed by atoms with Gasteiger partial charge in [-0.15, -0.1) is 11.3 Å². The standard InChI is InChI=1S/C27H31N7S/c1-2-6-21(7-3-1)20-32-13-9-22(10-14-32)29-26-25-23(11-19-35-25)30-27(31-26)34-17-15-33(16-18-34)24-8-4-5-12-28-24/h1-8,11-12,19,22H,9-10,13-18,20H2,(H,29,30,31). The van der Waals surface area contributed by atoms with E-state index in [1.165, 1.54) is 5.56 Å². The summed E-state index contributed by atoms with van der Waals surface area (Å²) in [5, 5.41) is 5.91. The van der Waals surface area contributed by atoms with Crippen LogP contribution < -0.4 is 15.1 Å². The fourth-order valence-electron chi connectivity index (χ4n) is 5.04. The van der Waals surface area contributed by atoms with E-state index in [-0.39, 0.29) is 0 Å². The molecule has 0 aliphatic carbocycles. The zero-order chi connectivity index (χ0) is 23.5. The first-order valence-electron chi connectivity index (χ1n) is 12.5. The minimum absolute atomic E-state index is 0.441. The summed E-state index contributed by atoms with van der Waals surface area (Å²) in [6.07, 6.45) is 4.11. The lowest BCUT2D eigenvalue weighted by atomic mass is 10.0. The predicted octanol–water partition coefficient (Wildman–Crippen LogP) is 4.49. The van der Waals surface area contributed by atoms with E-state index in [2.05, 4.69) is 72.8 Å². The molecule has 0 unspecified atom stereocenters. The summed E-state index contributed by atoms with van der Waals surface area (Å²) in [5.41, 5.74) is 2.43. The van der Waals surface area contributed by atoms with Crippen molar-refractivity contribution in [3.8, 4) is 0 Å². The number of rotatable bonds is 6. The maximum Gasteiger partial charge on any atom is 0.228 e. The highest BCUT2D eigenvalue weighted by molar-refractivity contribution is 7.17. The van der Waals surface area contributed by atoms with Crippen LogP contribution in [0.2, 0.25) is 0 Å². The number of pyridine rings is 1. The van der Waals surface area contributed by atoms with Crippen molar-refractivity contribution in [3.05, 3.63) is 71.7 Å². The molecule has 35 heavy (non-hydrogen) atoms. The van der Waals surface area contributed by atoms with Gasteiger partial charge in [-0.25, -0.2) is 9.97 Å². The van der Waals surface area contributed by atoms with Gasteiger partial charge >= 0.3 is 0 Å². The molecule has 1 N–H and O–H groups in total. The van der Waals surface area contributed by atoms with Crippen molar-refractivity contribution in [1.82, 2.24) is 19.9 Å². The average molecular weight is 486 g/mol. The van der Waals surface area contributed by atoms with Crippen LogP contribution in [0.5, 0.6) is 0 Å². The Morgan fingerprint density at radius 2 is 1.60 bits per heavy atom. The molecule has 180 valence electrons. The maximum atomic E-state index is 5.04. The smallest absolute Gasteiger partial charge is 0.228 e. The van der Waals surface area contributed by atoms with Crippen molar-refractivity contribution < 1.29 is 0 Å². The summed E-state index contributed by atoms with van der Waals surface area (Å²) in [4.78, 5) is 21.7. The van der Waals surface area contributed by atoms with Crippen molar-refractivity contribution in [3.63, 3.8) is 0 Å². The Morgan fingerprint density at radius 3 is 2.37 bits per heavy atom. The Kier molecular flexibility index (Phi) is 6.47. The molecule has 2 saturated heterocycles. The van der Waals surface area contributed by atoms with Gasteiger partial charge in [0.05, 0.1) is 10.2 Å². The first-order chi connectivity index (χ1) is 17.3. The molecule has 0 atom stereocenters. The first kappa shape index (κ1) is 22.2. The average Bonchev–Trinajstić information content (AvgIpc) is 3.40. The molecule has 7 nitrogen and oxygen atoms in total. The zero-order valence-electron chi connectivity index (χ0n) is 19.9. The number of aromatic nitrogens is 3. The molecule has 0 bridgehead atoms. The third-order valence-electron chi connectivity index (χ3n) is 7.00. The normalized spacial score (nSPS) is 17.7. The molecule has 5 heterocycles. The fraction of sp³-hybridized carbons (Fsp3) is 0.370. The molecule has 3 aromatic heterocycles. The highest BCUT2D eigenvalue weighted by Gasteiger charge is 2.24. The summed E-state index contributed by atoms with van der Waals surface area (Å²) in [6.45, 7) is 6.87. The van der Waals surface area contributed by atoms with E-state index in [0.717, 1.165) is 86.5 Å². The predicted molar refractivity (Wildman–Crippen MR) is 144 cm³/mol. The lowest BCUT2D eigenvalue weighted by Crippen LogP contribution is -2.47. The molecular formula is C27H31N7S. The van der Waals surface area contributed by atoms with Crippen LogP contribution in [-0.4, -0.2) is 65.2 Å². The van der Waals surface area contributed by atoms with Gasteiger partial charge in [-0.2, -0.15) is 4.98 Å². The van der Waals surface area contributed by atoms with Crippen molar-refractivity contribution in [1.29, 1.82) is 0 Å². The Hall–Kier alpha value is -3.23. The van der Waals surface area contributed by atoms with E-state index in [0.29, 0.717) is 6.04 Å². The number of thiophene rings is 1. The number of anilines is 3. The van der Waals surface area contributed by atoms with E-state index in [1.54, 1.807) is 11.3 Å². The number of hydrogen-bond donors (Lipinski definition) is 1. The van der Waals surface area contributed by atoms with Crippen molar-refractivity contribution in [2.75, 3.05) is 54.4 Å². The van der Waals surface area contributed by atoms with Gasteiger partial charge in [-0.1, -0.05) is 36.4 Å². The second-order valence-corrected chi connectivity index (χ2v) is 10.3. The van der Waals surface area contributed by atoms with Gasteiger partial charge in [0.2, 0.25) is 5.95 Å². The third kappa shape index (κ3) is 5.09. The van der Waals surface area contributed by atoms with Crippen molar-refractivity contribution in [2.24, 2.45) is 0 Å². The number of fused-ring (bicyclic) bond motifs is 1. The van der Waals surface area contributed by atoms with Crippen molar-refractivity contribution in [2.45, 2.75) is 25.4 Å². The molecule has 0 saturated carbocycles. The lowest BCUT2D eigenvalue weighted by molar-refractivity contribution is 0.211. The number of nitrogens with one attached hydrogen (secondary N) is 1. The molecule has 6 rings (SSSR count). The van der Waals surface area contributed by atoms with E-state index in [1.807, 2.05) is 18.3 Å². The number of hydrogen-bond acceptors (Lipinski definition) is 8. The van der Waals surface area contributed by atoms with Crippen LogP contribution in [0.1, 0.15) is 18.4 Å². The van der Waals surface area contributed by atoms with Crippen LogP contribution >= 0.6 is 11.3 Å². The quantitative estimate of drug-likeness (QED) is 0.432. The van der Waals surface area contributed by atoms with Crippen LogP contribution in [0.15, 0.2) is 66.2 Å². The fourth-order valence-corrected chi connectivity index (χ4v) is 5.82. The number of likely N-dealkylation sites (tertiary alicyclic amines) is 1. The topological polar surface area (TPSA) is 60.4 Å². The Bertz CT molecular complexity index is 1230. The van der Waals surface area contributed by atoms with Crippen LogP contribution in [-0.2, 0) is 6.54 Å². The zero-order valence-corrected chi connectivity index (χ0v) is 20.7. The largest absolute Gasteiger partial charge is 0.366 e. The van der Waals surface area contributed by atoms with E-state index in [9.17, 15) is 0 Å². The molecule has 0 amide bonds. The van der Waals surface area contributed by atoms with Gasteiger partial charge in [-0.3, -0.25) is 4.90 Å². The highest BCUT2D eigenvalue weighted by Crippen LogP contribution is 2.30. The number of nitrogens with zero attached hydrogens (tertiary/aromatic N) is 6. The third-order valence-corrected chi connectivity index (χ3v) is 7.92. The summed E-state index contributed by atoms with van der Waals surface area (Å²) >= 11 is 1.72. The summed E-state index contributed by atoms with van der Waals surface area (Å²) in [6, 6.07) is 19.4. The number of benzene rings is 1. The maximum absolute atomic E-state index is 5.04. The van der Waals surface area contributed by atoms with Gasteiger partial charge in [0.1, 0.15) is 11.6 Å². The van der Waals surface area contributed by atoms with Gasteiger partial charge in [0.15, 0.2) is 0 Å². The molecule has 0 spiro atoms. The van der Waals surface area contributed by atoms with E-state index >= 15 is 0 Å².